The van der Waals surface area contributed by atoms with Crippen LogP contribution in [0.2, 0.25) is 5.15 Å². The predicted molar refractivity (Wildman–Crippen MR) is 93.9 cm³/mol. The third kappa shape index (κ3) is 4.11. The second-order valence-corrected chi connectivity index (χ2v) is 9.20. The lowest BCUT2D eigenvalue weighted by molar-refractivity contribution is 0.531. The van der Waals surface area contributed by atoms with Gasteiger partial charge in [-0.05, 0) is 52.0 Å². The molecule has 0 aliphatic rings. The first-order valence-electron chi connectivity index (χ1n) is 6.62. The van der Waals surface area contributed by atoms with Crippen LogP contribution in [0.1, 0.15) is 39.3 Å². The van der Waals surface area contributed by atoms with Crippen LogP contribution in [0.15, 0.2) is 28.7 Å². The maximum atomic E-state index is 12.2. The van der Waals surface area contributed by atoms with Crippen molar-refractivity contribution in [3.05, 3.63) is 39.5 Å². The van der Waals surface area contributed by atoms with Crippen molar-refractivity contribution in [2.24, 2.45) is 0 Å². The fraction of sp³-hybridized carbons (Fsp3) is 0.400. The Hall–Kier alpha value is -0.330. The first kappa shape index (κ1) is 17.0. The maximum absolute atomic E-state index is 12.2. The minimum atomic E-state index is -1.16. The van der Waals surface area contributed by atoms with Crippen molar-refractivity contribution in [3.8, 4) is 0 Å². The number of aromatic nitrogens is 1. The summed E-state index contributed by atoms with van der Waals surface area (Å²) in [5.74, 6) is 0. The fourth-order valence-corrected chi connectivity index (χ4v) is 3.33. The molecule has 21 heavy (non-hydrogen) atoms. The Morgan fingerprint density at radius 1 is 1.33 bits per heavy atom. The second-order valence-electron chi connectivity index (χ2n) is 5.93. The molecule has 0 aliphatic heterocycles. The summed E-state index contributed by atoms with van der Waals surface area (Å²) in [5, 5.41) is 1.44. The minimum absolute atomic E-state index is 0.145. The van der Waals surface area contributed by atoms with Gasteiger partial charge >= 0.3 is 0 Å². The van der Waals surface area contributed by atoms with Gasteiger partial charge in [-0.15, -0.1) is 4.72 Å². The molecule has 2 aromatic rings. The third-order valence-corrected chi connectivity index (χ3v) is 5.54. The van der Waals surface area contributed by atoms with E-state index in [1.54, 1.807) is 0 Å². The van der Waals surface area contributed by atoms with Gasteiger partial charge in [-0.3, -0.25) is 0 Å². The summed E-state index contributed by atoms with van der Waals surface area (Å²) in [4.78, 5) is 4.41. The quantitative estimate of drug-likeness (QED) is 0.608. The summed E-state index contributed by atoms with van der Waals surface area (Å²) < 4.78 is 16.0. The number of fused-ring (bicyclic) bond motifs is 1. The largest absolute Gasteiger partial charge is 0.598 e. The number of benzene rings is 1. The Kier molecular flexibility index (Phi) is 5.21. The zero-order valence-electron chi connectivity index (χ0n) is 12.4. The van der Waals surface area contributed by atoms with E-state index in [-0.39, 0.29) is 10.8 Å². The lowest BCUT2D eigenvalue weighted by atomic mass is 10.1. The predicted octanol–water partition coefficient (Wildman–Crippen LogP) is 4.76. The normalized spacial score (nSPS) is 15.2. The molecule has 1 N–H and O–H groups in total. The molecule has 0 bridgehead atoms. The standard InChI is InChI=1S/C15H18BrClN2OS/c1-9(19-21(20)15(2,3)4)12-8-10-7-11(16)5-6-13(10)18-14(12)17/h5-9,19H,1-4H3/t9-,21-/m0/s1. The fourth-order valence-electron chi connectivity index (χ4n) is 1.84. The highest BCUT2D eigenvalue weighted by Crippen LogP contribution is 2.28. The van der Waals surface area contributed by atoms with Gasteiger partial charge in [0.25, 0.3) is 0 Å². The molecule has 0 saturated carbocycles. The van der Waals surface area contributed by atoms with Crippen molar-refractivity contribution in [2.75, 3.05) is 0 Å². The summed E-state index contributed by atoms with van der Waals surface area (Å²) >= 11 is 8.57. The van der Waals surface area contributed by atoms with E-state index in [1.807, 2.05) is 52.0 Å². The van der Waals surface area contributed by atoms with Gasteiger partial charge in [0.15, 0.2) is 0 Å². The molecular formula is C15H18BrClN2OS. The summed E-state index contributed by atoms with van der Waals surface area (Å²) in [7, 11) is 0. The monoisotopic (exact) mass is 388 g/mol. The summed E-state index contributed by atoms with van der Waals surface area (Å²) in [6.07, 6.45) is 0. The van der Waals surface area contributed by atoms with E-state index in [0.29, 0.717) is 5.15 Å². The van der Waals surface area contributed by atoms with Crippen LogP contribution in [0, 0.1) is 0 Å². The Balaban J connectivity index is 2.34. The molecule has 1 aromatic heterocycles. The van der Waals surface area contributed by atoms with E-state index in [0.717, 1.165) is 20.9 Å². The molecule has 1 aromatic carbocycles. The minimum Gasteiger partial charge on any atom is -0.598 e. The van der Waals surface area contributed by atoms with E-state index in [1.165, 1.54) is 0 Å². The van der Waals surface area contributed by atoms with Crippen LogP contribution in [0.5, 0.6) is 0 Å². The van der Waals surface area contributed by atoms with E-state index >= 15 is 0 Å². The van der Waals surface area contributed by atoms with Crippen LogP contribution in [-0.2, 0) is 11.4 Å². The number of rotatable bonds is 3. The number of nitrogens with one attached hydrogen (secondary N) is 1. The molecule has 0 fully saturated rings. The lowest BCUT2D eigenvalue weighted by Gasteiger charge is -2.26. The summed E-state index contributed by atoms with van der Waals surface area (Å²) in [5.41, 5.74) is 1.69. The first-order valence-corrected chi connectivity index (χ1v) is 8.94. The highest BCUT2D eigenvalue weighted by molar-refractivity contribution is 9.10. The van der Waals surface area contributed by atoms with Crippen molar-refractivity contribution >= 4 is 49.8 Å². The zero-order chi connectivity index (χ0) is 15.8. The average molecular weight is 390 g/mol. The zero-order valence-corrected chi connectivity index (χ0v) is 15.6. The molecule has 0 aliphatic carbocycles. The molecular weight excluding hydrogens is 372 g/mol. The molecule has 0 saturated heterocycles. The van der Waals surface area contributed by atoms with Gasteiger partial charge in [-0.2, -0.15) is 0 Å². The molecule has 0 unspecified atom stereocenters. The van der Waals surface area contributed by atoms with Gasteiger partial charge in [0.2, 0.25) is 0 Å². The van der Waals surface area contributed by atoms with Crippen LogP contribution in [0.3, 0.4) is 0 Å². The highest BCUT2D eigenvalue weighted by atomic mass is 79.9. The van der Waals surface area contributed by atoms with Crippen molar-refractivity contribution in [2.45, 2.75) is 38.5 Å². The van der Waals surface area contributed by atoms with Crippen LogP contribution < -0.4 is 4.72 Å². The van der Waals surface area contributed by atoms with E-state index < -0.39 is 11.4 Å². The molecule has 0 spiro atoms. The molecule has 3 nitrogen and oxygen atoms in total. The molecule has 2 atom stereocenters. The van der Waals surface area contributed by atoms with Crippen molar-refractivity contribution in [3.63, 3.8) is 0 Å². The lowest BCUT2D eigenvalue weighted by Crippen LogP contribution is -2.40. The van der Waals surface area contributed by atoms with Crippen molar-refractivity contribution in [1.29, 1.82) is 0 Å². The highest BCUT2D eigenvalue weighted by Gasteiger charge is 2.29. The van der Waals surface area contributed by atoms with Gasteiger partial charge in [-0.25, -0.2) is 4.98 Å². The van der Waals surface area contributed by atoms with E-state index in [2.05, 4.69) is 25.6 Å². The van der Waals surface area contributed by atoms with Crippen LogP contribution >= 0.6 is 27.5 Å². The number of halogens is 2. The summed E-state index contributed by atoms with van der Waals surface area (Å²) in [6, 6.07) is 7.69. The van der Waals surface area contributed by atoms with Crippen LogP contribution in [-0.4, -0.2) is 14.3 Å². The first-order chi connectivity index (χ1) is 9.68. The number of nitrogens with zero attached hydrogens (tertiary/aromatic N) is 1. The van der Waals surface area contributed by atoms with E-state index in [9.17, 15) is 4.55 Å². The molecule has 1 heterocycles. The average Bonchev–Trinajstić information content (AvgIpc) is 2.37. The Labute approximate surface area is 141 Å². The number of hydrogen-bond acceptors (Lipinski definition) is 3. The van der Waals surface area contributed by atoms with Crippen LogP contribution in [0.25, 0.3) is 10.9 Å². The number of pyridine rings is 1. The van der Waals surface area contributed by atoms with Crippen molar-refractivity contribution in [1.82, 2.24) is 9.71 Å². The SMILES string of the molecule is C[C@H](N[S@@+]([O-])C(C)(C)C)c1cc2cc(Br)ccc2nc1Cl. The van der Waals surface area contributed by atoms with Gasteiger partial charge in [0, 0.05) is 26.8 Å². The van der Waals surface area contributed by atoms with Crippen molar-refractivity contribution < 1.29 is 4.55 Å². The van der Waals surface area contributed by atoms with Gasteiger partial charge in [0.05, 0.1) is 11.6 Å². The van der Waals surface area contributed by atoms with E-state index in [4.69, 9.17) is 11.6 Å². The molecule has 2 rings (SSSR count). The molecule has 0 radical (unpaired) electrons. The Morgan fingerprint density at radius 3 is 2.62 bits per heavy atom. The molecule has 6 heteroatoms. The Morgan fingerprint density at radius 2 is 2.00 bits per heavy atom. The Bertz CT molecular complexity index is 660. The van der Waals surface area contributed by atoms with Gasteiger partial charge in [0.1, 0.15) is 9.90 Å². The van der Waals surface area contributed by atoms with Gasteiger partial charge < -0.3 is 4.55 Å². The summed E-state index contributed by atoms with van der Waals surface area (Å²) in [6.45, 7) is 7.73. The smallest absolute Gasteiger partial charge is 0.136 e. The van der Waals surface area contributed by atoms with Crippen LogP contribution in [0.4, 0.5) is 0 Å². The molecule has 0 amide bonds. The number of hydrogen-bond donors (Lipinski definition) is 1. The van der Waals surface area contributed by atoms with Gasteiger partial charge in [-0.1, -0.05) is 27.5 Å². The maximum Gasteiger partial charge on any atom is 0.136 e. The molecule has 114 valence electrons. The second kappa shape index (κ2) is 6.42. The third-order valence-electron chi connectivity index (χ3n) is 3.06. The topological polar surface area (TPSA) is 48.0 Å².